The molecule has 0 bridgehead atoms. The quantitative estimate of drug-likeness (QED) is 0.811. The average molecular weight is 354 g/mol. The van der Waals surface area contributed by atoms with E-state index in [4.69, 9.17) is 4.74 Å². The summed E-state index contributed by atoms with van der Waals surface area (Å²) in [6, 6.07) is 4.98. The van der Waals surface area contributed by atoms with Gasteiger partial charge in [0.1, 0.15) is 5.75 Å². The van der Waals surface area contributed by atoms with Gasteiger partial charge in [-0.05, 0) is 43.5 Å². The maximum Gasteiger partial charge on any atom is 0.243 e. The first-order valence-corrected chi connectivity index (χ1v) is 9.76. The van der Waals surface area contributed by atoms with Crippen molar-refractivity contribution in [1.82, 2.24) is 9.21 Å². The minimum atomic E-state index is -3.56. The number of rotatable bonds is 5. The molecule has 0 N–H and O–H groups in total. The van der Waals surface area contributed by atoms with E-state index in [0.29, 0.717) is 55.2 Å². The highest BCUT2D eigenvalue weighted by molar-refractivity contribution is 7.89. The number of hydrogen-bond donors (Lipinski definition) is 0. The van der Waals surface area contributed by atoms with Crippen LogP contribution >= 0.6 is 0 Å². The summed E-state index contributed by atoms with van der Waals surface area (Å²) < 4.78 is 32.5. The molecule has 1 aromatic rings. The molecule has 0 saturated carbocycles. The molecule has 1 aromatic carbocycles. The van der Waals surface area contributed by atoms with Crippen molar-refractivity contribution in [3.63, 3.8) is 0 Å². The minimum absolute atomic E-state index is 0.109. The van der Waals surface area contributed by atoms with E-state index in [1.807, 2.05) is 6.92 Å². The number of hydrogen-bond acceptors (Lipinski definition) is 4. The van der Waals surface area contributed by atoms with Crippen LogP contribution in [0.5, 0.6) is 5.75 Å². The highest BCUT2D eigenvalue weighted by Crippen LogP contribution is 2.25. The average Bonchev–Trinajstić information content (AvgIpc) is 2.81. The molecule has 134 valence electrons. The number of sulfonamides is 1. The second-order valence-electron chi connectivity index (χ2n) is 6.02. The number of benzene rings is 1. The Morgan fingerprint density at radius 3 is 2.58 bits per heavy atom. The summed E-state index contributed by atoms with van der Waals surface area (Å²) in [4.78, 5) is 14.1. The molecule has 0 atom stereocenters. The fourth-order valence-electron chi connectivity index (χ4n) is 2.93. The first-order valence-electron chi connectivity index (χ1n) is 8.32. The first kappa shape index (κ1) is 18.7. The van der Waals surface area contributed by atoms with Crippen LogP contribution in [0.1, 0.15) is 31.7 Å². The Kier molecular flexibility index (Phi) is 6.23. The standard InChI is InChI=1S/C17H26N2O4S/c1-4-6-17(20)18-9-5-10-19(12-11-18)24(21,22)16-8-7-15(23-3)13-14(16)2/h7-8,13H,4-6,9-12H2,1-3H3. The van der Waals surface area contributed by atoms with Crippen LogP contribution in [0.25, 0.3) is 0 Å². The summed E-state index contributed by atoms with van der Waals surface area (Å²) in [7, 11) is -2.01. The fourth-order valence-corrected chi connectivity index (χ4v) is 4.61. The summed E-state index contributed by atoms with van der Waals surface area (Å²) >= 11 is 0. The molecule has 1 aliphatic rings. The first-order chi connectivity index (χ1) is 11.4. The van der Waals surface area contributed by atoms with Crippen molar-refractivity contribution in [2.75, 3.05) is 33.3 Å². The van der Waals surface area contributed by atoms with E-state index in [9.17, 15) is 13.2 Å². The van der Waals surface area contributed by atoms with Crippen LogP contribution in [-0.2, 0) is 14.8 Å². The van der Waals surface area contributed by atoms with Gasteiger partial charge in [0.25, 0.3) is 0 Å². The van der Waals surface area contributed by atoms with E-state index in [1.54, 1.807) is 37.1 Å². The van der Waals surface area contributed by atoms with Gasteiger partial charge in [0.15, 0.2) is 0 Å². The van der Waals surface area contributed by atoms with Crippen molar-refractivity contribution in [2.45, 2.75) is 38.0 Å². The van der Waals surface area contributed by atoms with Crippen LogP contribution in [0, 0.1) is 6.92 Å². The summed E-state index contributed by atoms with van der Waals surface area (Å²) in [6.45, 7) is 5.58. The maximum absolute atomic E-state index is 12.9. The Balaban J connectivity index is 2.17. The lowest BCUT2D eigenvalue weighted by Gasteiger charge is -2.22. The van der Waals surface area contributed by atoms with Crippen LogP contribution < -0.4 is 4.74 Å². The zero-order valence-electron chi connectivity index (χ0n) is 14.6. The molecule has 0 unspecified atom stereocenters. The monoisotopic (exact) mass is 354 g/mol. The molecule has 1 heterocycles. The van der Waals surface area contributed by atoms with Gasteiger partial charge < -0.3 is 9.64 Å². The topological polar surface area (TPSA) is 66.9 Å². The zero-order valence-corrected chi connectivity index (χ0v) is 15.4. The molecule has 0 radical (unpaired) electrons. The summed E-state index contributed by atoms with van der Waals surface area (Å²) in [5, 5.41) is 0. The largest absolute Gasteiger partial charge is 0.497 e. The van der Waals surface area contributed by atoms with Crippen LogP contribution in [0.4, 0.5) is 0 Å². The Hall–Kier alpha value is -1.60. The third-order valence-electron chi connectivity index (χ3n) is 4.27. The van der Waals surface area contributed by atoms with Crippen LogP contribution in [0.3, 0.4) is 0 Å². The fraction of sp³-hybridized carbons (Fsp3) is 0.588. The van der Waals surface area contributed by atoms with Gasteiger partial charge in [0, 0.05) is 32.6 Å². The molecule has 6 nitrogen and oxygen atoms in total. The van der Waals surface area contributed by atoms with E-state index < -0.39 is 10.0 Å². The van der Waals surface area contributed by atoms with Gasteiger partial charge >= 0.3 is 0 Å². The lowest BCUT2D eigenvalue weighted by Crippen LogP contribution is -2.37. The number of methoxy groups -OCH3 is 1. The molecular weight excluding hydrogens is 328 g/mol. The van der Waals surface area contributed by atoms with E-state index >= 15 is 0 Å². The second kappa shape index (κ2) is 7.98. The molecule has 0 aliphatic carbocycles. The Bertz CT molecular complexity index is 688. The number of amides is 1. The van der Waals surface area contributed by atoms with Crippen molar-refractivity contribution in [2.24, 2.45) is 0 Å². The Labute approximate surface area is 144 Å². The zero-order chi connectivity index (χ0) is 17.7. The van der Waals surface area contributed by atoms with Crippen LogP contribution in [0.15, 0.2) is 23.1 Å². The predicted molar refractivity (Wildman–Crippen MR) is 92.6 cm³/mol. The Morgan fingerprint density at radius 2 is 1.96 bits per heavy atom. The smallest absolute Gasteiger partial charge is 0.243 e. The van der Waals surface area contributed by atoms with E-state index in [-0.39, 0.29) is 5.91 Å². The molecule has 0 spiro atoms. The van der Waals surface area contributed by atoms with Gasteiger partial charge in [-0.2, -0.15) is 4.31 Å². The lowest BCUT2D eigenvalue weighted by atomic mass is 10.2. The van der Waals surface area contributed by atoms with Crippen molar-refractivity contribution < 1.29 is 17.9 Å². The van der Waals surface area contributed by atoms with E-state index in [2.05, 4.69) is 0 Å². The molecule has 0 aromatic heterocycles. The predicted octanol–water partition coefficient (Wildman–Crippen LogP) is 2.03. The van der Waals surface area contributed by atoms with Gasteiger partial charge in [-0.1, -0.05) is 6.92 Å². The second-order valence-corrected chi connectivity index (χ2v) is 7.93. The van der Waals surface area contributed by atoms with Crippen molar-refractivity contribution >= 4 is 15.9 Å². The maximum atomic E-state index is 12.9. The van der Waals surface area contributed by atoms with Gasteiger partial charge in [-0.15, -0.1) is 0 Å². The van der Waals surface area contributed by atoms with Crippen molar-refractivity contribution in [1.29, 1.82) is 0 Å². The number of aryl methyl sites for hydroxylation is 1. The molecule has 24 heavy (non-hydrogen) atoms. The van der Waals surface area contributed by atoms with Gasteiger partial charge in [-0.25, -0.2) is 8.42 Å². The SMILES string of the molecule is CCCC(=O)N1CCCN(S(=O)(=O)c2ccc(OC)cc2C)CC1. The minimum Gasteiger partial charge on any atom is -0.497 e. The number of carbonyl (C=O) groups excluding carboxylic acids is 1. The molecule has 2 rings (SSSR count). The normalized spacial score (nSPS) is 16.7. The molecule has 7 heteroatoms. The molecular formula is C17H26N2O4S. The summed E-state index contributed by atoms with van der Waals surface area (Å²) in [6.07, 6.45) is 1.98. The third-order valence-corrected chi connectivity index (χ3v) is 6.33. The van der Waals surface area contributed by atoms with E-state index in [1.165, 1.54) is 4.31 Å². The highest BCUT2D eigenvalue weighted by Gasteiger charge is 2.29. The lowest BCUT2D eigenvalue weighted by molar-refractivity contribution is -0.131. The van der Waals surface area contributed by atoms with Crippen LogP contribution in [0.2, 0.25) is 0 Å². The molecule has 1 fully saturated rings. The third kappa shape index (κ3) is 4.08. The molecule has 1 aliphatic heterocycles. The van der Waals surface area contributed by atoms with Crippen LogP contribution in [-0.4, -0.2) is 56.8 Å². The van der Waals surface area contributed by atoms with Crippen molar-refractivity contribution in [3.8, 4) is 5.75 Å². The van der Waals surface area contributed by atoms with Gasteiger partial charge in [0.05, 0.1) is 12.0 Å². The summed E-state index contributed by atoms with van der Waals surface area (Å²) in [5.41, 5.74) is 0.664. The summed E-state index contributed by atoms with van der Waals surface area (Å²) in [5.74, 6) is 0.746. The number of ether oxygens (including phenoxy) is 1. The Morgan fingerprint density at radius 1 is 1.21 bits per heavy atom. The number of carbonyl (C=O) groups is 1. The van der Waals surface area contributed by atoms with Gasteiger partial charge in [-0.3, -0.25) is 4.79 Å². The number of nitrogens with zero attached hydrogens (tertiary/aromatic N) is 2. The van der Waals surface area contributed by atoms with E-state index in [0.717, 1.165) is 6.42 Å². The highest BCUT2D eigenvalue weighted by atomic mass is 32.2. The van der Waals surface area contributed by atoms with Gasteiger partial charge in [0.2, 0.25) is 15.9 Å². The molecule has 1 saturated heterocycles. The van der Waals surface area contributed by atoms with Crippen molar-refractivity contribution in [3.05, 3.63) is 23.8 Å². The molecule has 1 amide bonds.